The molecular weight excluding hydrogens is 394 g/mol. The van der Waals surface area contributed by atoms with E-state index in [9.17, 15) is 14.4 Å². The lowest BCUT2D eigenvalue weighted by Crippen LogP contribution is -2.50. The maximum Gasteiger partial charge on any atom is 0.323 e. The van der Waals surface area contributed by atoms with Crippen molar-refractivity contribution in [2.24, 2.45) is 23.7 Å². The fourth-order valence-electron chi connectivity index (χ4n) is 5.73. The summed E-state index contributed by atoms with van der Waals surface area (Å²) in [6.07, 6.45) is 5.18. The van der Waals surface area contributed by atoms with Crippen LogP contribution >= 0.6 is 0 Å². The van der Waals surface area contributed by atoms with Gasteiger partial charge in [-0.3, -0.25) is 19.3 Å². The molecule has 2 aliphatic carbocycles. The van der Waals surface area contributed by atoms with Gasteiger partial charge in [0.25, 0.3) is 0 Å². The van der Waals surface area contributed by atoms with Crippen molar-refractivity contribution in [3.63, 3.8) is 0 Å². The second-order valence-corrected chi connectivity index (χ2v) is 9.05. The van der Waals surface area contributed by atoms with Crippen LogP contribution in [0, 0.1) is 23.7 Å². The molecule has 170 valence electrons. The first-order chi connectivity index (χ1) is 14.9. The molecule has 6 atom stereocenters. The van der Waals surface area contributed by atoms with Gasteiger partial charge in [0.1, 0.15) is 6.04 Å². The van der Waals surface area contributed by atoms with Crippen molar-refractivity contribution in [1.29, 1.82) is 0 Å². The predicted octanol–water partition coefficient (Wildman–Crippen LogP) is 3.28. The zero-order valence-electron chi connectivity index (χ0n) is 19.1. The number of esters is 2. The van der Waals surface area contributed by atoms with E-state index < -0.39 is 12.1 Å². The zero-order chi connectivity index (χ0) is 22.5. The third kappa shape index (κ3) is 5.00. The summed E-state index contributed by atoms with van der Waals surface area (Å²) in [5.74, 6) is -0.613. The molecule has 0 heterocycles. The van der Waals surface area contributed by atoms with Gasteiger partial charge >= 0.3 is 11.9 Å². The van der Waals surface area contributed by atoms with Gasteiger partial charge in [0.15, 0.2) is 5.78 Å². The number of fused-ring (bicyclic) bond motifs is 1. The number of carbonyl (C=O) groups excluding carboxylic acids is 3. The topological polar surface area (TPSA) is 72.9 Å². The molecule has 3 rings (SSSR count). The van der Waals surface area contributed by atoms with Crippen LogP contribution in [0.5, 0.6) is 0 Å². The number of methoxy groups -OCH3 is 2. The Hall–Kier alpha value is -2.21. The number of ether oxygens (including phenoxy) is 2. The number of ketones is 1. The van der Waals surface area contributed by atoms with Crippen molar-refractivity contribution in [3.05, 3.63) is 35.9 Å². The summed E-state index contributed by atoms with van der Waals surface area (Å²) in [7, 11) is 4.58. The fraction of sp³-hybridized carbons (Fsp3) is 0.640. The molecule has 0 N–H and O–H groups in total. The van der Waals surface area contributed by atoms with E-state index >= 15 is 0 Å². The first kappa shape index (κ1) is 23.5. The molecule has 0 amide bonds. The van der Waals surface area contributed by atoms with Crippen molar-refractivity contribution in [2.45, 2.75) is 57.5 Å². The lowest BCUT2D eigenvalue weighted by atomic mass is 9.81. The summed E-state index contributed by atoms with van der Waals surface area (Å²) in [5, 5.41) is 0. The number of benzene rings is 1. The molecule has 1 aromatic carbocycles. The normalized spacial score (nSPS) is 26.9. The van der Waals surface area contributed by atoms with Gasteiger partial charge in [-0.05, 0) is 57.1 Å². The third-order valence-electron chi connectivity index (χ3n) is 7.54. The fourth-order valence-corrected chi connectivity index (χ4v) is 5.73. The van der Waals surface area contributed by atoms with Gasteiger partial charge in [-0.15, -0.1) is 0 Å². The van der Waals surface area contributed by atoms with E-state index in [0.717, 1.165) is 31.2 Å². The van der Waals surface area contributed by atoms with Crippen LogP contribution in [0.4, 0.5) is 0 Å². The van der Waals surface area contributed by atoms with Crippen LogP contribution in [0.3, 0.4) is 0 Å². The van der Waals surface area contributed by atoms with E-state index in [4.69, 9.17) is 9.47 Å². The third-order valence-corrected chi connectivity index (χ3v) is 7.54. The van der Waals surface area contributed by atoms with E-state index in [1.54, 1.807) is 0 Å². The van der Waals surface area contributed by atoms with Crippen LogP contribution in [0.2, 0.25) is 0 Å². The summed E-state index contributed by atoms with van der Waals surface area (Å²) in [6, 6.07) is 8.96. The minimum atomic E-state index is -0.526. The number of nitrogens with zero attached hydrogens (tertiary/aromatic N) is 1. The highest BCUT2D eigenvalue weighted by molar-refractivity contribution is 5.91. The molecule has 31 heavy (non-hydrogen) atoms. The maximum absolute atomic E-state index is 13.6. The number of carbonyl (C=O) groups is 3. The number of rotatable bonds is 9. The number of Topliss-reactive ketones (excluding diaryl/α,β-unsaturated/α-hetero) is 1. The van der Waals surface area contributed by atoms with Crippen LogP contribution in [0.15, 0.2) is 30.3 Å². The zero-order valence-corrected chi connectivity index (χ0v) is 19.1. The molecule has 2 aliphatic rings. The largest absolute Gasteiger partial charge is 0.469 e. The first-order valence-electron chi connectivity index (χ1n) is 11.3. The molecule has 6 nitrogen and oxygen atoms in total. The monoisotopic (exact) mass is 429 g/mol. The Morgan fingerprint density at radius 1 is 1.10 bits per heavy atom. The van der Waals surface area contributed by atoms with Crippen molar-refractivity contribution in [2.75, 3.05) is 21.3 Å². The van der Waals surface area contributed by atoms with Crippen molar-refractivity contribution in [1.82, 2.24) is 4.90 Å². The summed E-state index contributed by atoms with van der Waals surface area (Å²) < 4.78 is 10.1. The number of hydrogen-bond acceptors (Lipinski definition) is 6. The molecule has 0 radical (unpaired) electrons. The number of aryl methyl sites for hydroxylation is 1. The molecular formula is C25H35NO5. The van der Waals surface area contributed by atoms with Crippen molar-refractivity contribution in [3.8, 4) is 0 Å². The summed E-state index contributed by atoms with van der Waals surface area (Å²) >= 11 is 0. The second kappa shape index (κ2) is 10.4. The summed E-state index contributed by atoms with van der Waals surface area (Å²) in [4.78, 5) is 40.5. The van der Waals surface area contributed by atoms with Gasteiger partial charge in [0, 0.05) is 5.92 Å². The average Bonchev–Trinajstić information content (AvgIpc) is 3.39. The first-order valence-corrected chi connectivity index (χ1v) is 11.3. The molecule has 2 saturated carbocycles. The quantitative estimate of drug-likeness (QED) is 0.561. The Bertz CT molecular complexity index is 779. The van der Waals surface area contributed by atoms with Gasteiger partial charge in [-0.2, -0.15) is 0 Å². The van der Waals surface area contributed by atoms with E-state index in [1.165, 1.54) is 14.2 Å². The average molecular weight is 430 g/mol. The van der Waals surface area contributed by atoms with Crippen LogP contribution in [-0.2, 0) is 30.3 Å². The lowest BCUT2D eigenvalue weighted by molar-refractivity contribution is -0.153. The Morgan fingerprint density at radius 3 is 2.45 bits per heavy atom. The standard InChI is InChI=1S/C25H35NO5/c1-16(23(27)22-19-12-8-11-18(19)15-20(22)24(28)30-3)26(2)21(25(29)31-4)14-13-17-9-6-5-7-10-17/h5-7,9-10,16,18-22H,8,11-15H2,1-4H3/t16-,18-,19-,20+,21-,22?/m0/s1. The summed E-state index contributed by atoms with van der Waals surface area (Å²) in [6.45, 7) is 1.84. The predicted molar refractivity (Wildman–Crippen MR) is 117 cm³/mol. The summed E-state index contributed by atoms with van der Waals surface area (Å²) in [5.41, 5.74) is 1.14. The van der Waals surface area contributed by atoms with Crippen molar-refractivity contribution < 1.29 is 23.9 Å². The molecule has 6 heteroatoms. The minimum Gasteiger partial charge on any atom is -0.469 e. The number of likely N-dealkylation sites (N-methyl/N-ethyl adjacent to an activating group) is 1. The van der Waals surface area contributed by atoms with E-state index in [1.807, 2.05) is 49.2 Å². The molecule has 0 saturated heterocycles. The second-order valence-electron chi connectivity index (χ2n) is 9.05. The highest BCUT2D eigenvalue weighted by Crippen LogP contribution is 2.51. The lowest BCUT2D eigenvalue weighted by Gasteiger charge is -2.34. The van der Waals surface area contributed by atoms with Crippen molar-refractivity contribution >= 4 is 17.7 Å². The molecule has 2 fully saturated rings. The van der Waals surface area contributed by atoms with E-state index in [-0.39, 0.29) is 35.5 Å². The maximum atomic E-state index is 13.6. The SMILES string of the molecule is COC(=O)[C@@H]1C[C@@H]2CCC[C@@H]2C1C(=O)[C@H](C)N(C)[C@@H](CCc1ccccc1)C(=O)OC. The smallest absolute Gasteiger partial charge is 0.323 e. The minimum absolute atomic E-state index is 0.0425. The Morgan fingerprint density at radius 2 is 1.81 bits per heavy atom. The Balaban J connectivity index is 1.75. The van der Waals surface area contributed by atoms with Gasteiger partial charge in [0.05, 0.1) is 26.2 Å². The van der Waals surface area contributed by atoms with Gasteiger partial charge in [-0.1, -0.05) is 43.2 Å². The van der Waals surface area contributed by atoms with Gasteiger partial charge in [0.2, 0.25) is 0 Å². The molecule has 1 aromatic rings. The Kier molecular flexibility index (Phi) is 7.87. The molecule has 1 unspecified atom stereocenters. The molecule has 0 aromatic heterocycles. The van der Waals surface area contributed by atoms with Crippen LogP contribution in [0.1, 0.15) is 44.6 Å². The molecule has 0 aliphatic heterocycles. The van der Waals surface area contributed by atoms with Crippen LogP contribution in [0.25, 0.3) is 0 Å². The van der Waals surface area contributed by atoms with E-state index in [2.05, 4.69) is 0 Å². The highest BCUT2D eigenvalue weighted by Gasteiger charge is 2.53. The van der Waals surface area contributed by atoms with Gasteiger partial charge in [-0.25, -0.2) is 0 Å². The number of hydrogen-bond donors (Lipinski definition) is 0. The van der Waals surface area contributed by atoms with Crippen LogP contribution in [-0.4, -0.2) is 56.0 Å². The van der Waals surface area contributed by atoms with Gasteiger partial charge < -0.3 is 9.47 Å². The van der Waals surface area contributed by atoms with Crippen LogP contribution < -0.4 is 0 Å². The Labute approximate surface area is 185 Å². The molecule has 0 spiro atoms. The highest BCUT2D eigenvalue weighted by atomic mass is 16.5. The molecule has 0 bridgehead atoms. The van der Waals surface area contributed by atoms with E-state index in [0.29, 0.717) is 18.8 Å².